The number of pyridine rings is 1. The number of fused-ring (bicyclic) bond motifs is 1. The number of amides is 3. The third-order valence-corrected chi connectivity index (χ3v) is 12.4. The molecule has 58 heavy (non-hydrogen) atoms. The van der Waals surface area contributed by atoms with Crippen molar-refractivity contribution in [3.63, 3.8) is 0 Å². The number of urea groups is 1. The zero-order chi connectivity index (χ0) is 40.3. The largest absolute Gasteiger partial charge is 0.432 e. The molecule has 1 unspecified atom stereocenters. The van der Waals surface area contributed by atoms with Gasteiger partial charge in [0, 0.05) is 62.8 Å². The second-order valence-electron chi connectivity index (χ2n) is 14.6. The van der Waals surface area contributed by atoms with Gasteiger partial charge in [-0.3, -0.25) is 29.6 Å². The zero-order valence-electron chi connectivity index (χ0n) is 31.7. The molecule has 0 radical (unpaired) electrons. The van der Waals surface area contributed by atoms with Crippen LogP contribution in [0.2, 0.25) is 0 Å². The Morgan fingerprint density at radius 2 is 1.74 bits per heavy atom. The number of alkyl halides is 2. The first-order valence-electron chi connectivity index (χ1n) is 19.1. The number of hydrogen-bond donors (Lipinski definition) is 2. The first kappa shape index (κ1) is 38.9. The summed E-state index contributed by atoms with van der Waals surface area (Å²) in [7, 11) is 0.411. The lowest BCUT2D eigenvalue weighted by Gasteiger charge is -2.32. The molecule has 0 spiro atoms. The minimum atomic E-state index is -2.95. The average molecular weight is 810 g/mol. The summed E-state index contributed by atoms with van der Waals surface area (Å²) in [6.45, 7) is 1.03. The number of carbonyl (C=O) groups excluding carboxylic acids is 2. The number of hydrogen-bond acceptors (Lipinski definition) is 11. The van der Waals surface area contributed by atoms with Crippen LogP contribution in [0.3, 0.4) is 0 Å². The topological polar surface area (TPSA) is 174 Å². The van der Waals surface area contributed by atoms with Gasteiger partial charge in [0.15, 0.2) is 11.6 Å². The van der Waals surface area contributed by atoms with Crippen molar-refractivity contribution < 1.29 is 27.3 Å². The highest BCUT2D eigenvalue weighted by molar-refractivity contribution is 7.82. The molecule has 2 aromatic carbocycles. The highest BCUT2D eigenvalue weighted by Crippen LogP contribution is 2.34. The Morgan fingerprint density at radius 1 is 0.966 bits per heavy atom. The summed E-state index contributed by atoms with van der Waals surface area (Å²) < 4.78 is 46.5. The Balaban J connectivity index is 0.852. The molecule has 0 saturated carbocycles. The van der Waals surface area contributed by atoms with E-state index in [1.807, 2.05) is 35.7 Å². The summed E-state index contributed by atoms with van der Waals surface area (Å²) in [6.07, 6.45) is 7.79. The molecule has 3 aliphatic heterocycles. The van der Waals surface area contributed by atoms with Crippen LogP contribution in [0, 0.1) is 11.3 Å². The lowest BCUT2D eigenvalue weighted by molar-refractivity contribution is -0.120. The number of aryl methyl sites for hydroxylation is 1. The van der Waals surface area contributed by atoms with Crippen molar-refractivity contribution in [2.24, 2.45) is 7.05 Å². The van der Waals surface area contributed by atoms with E-state index in [9.17, 15) is 27.8 Å². The number of rotatable bonds is 11. The highest BCUT2D eigenvalue weighted by atomic mass is 32.2. The van der Waals surface area contributed by atoms with Crippen LogP contribution >= 0.6 is 0 Å². The second kappa shape index (κ2) is 16.9. The van der Waals surface area contributed by atoms with Crippen LogP contribution in [0.5, 0.6) is 5.75 Å². The second-order valence-corrected chi connectivity index (χ2v) is 16.1. The first-order valence-corrected chi connectivity index (χ1v) is 20.2. The molecule has 15 nitrogen and oxygen atoms in total. The maximum Gasteiger partial charge on any atom is 0.387 e. The van der Waals surface area contributed by atoms with Crippen LogP contribution in [0.15, 0.2) is 72.0 Å². The summed E-state index contributed by atoms with van der Waals surface area (Å²) in [6, 6.07) is 17.3. The molecule has 0 aliphatic carbocycles. The van der Waals surface area contributed by atoms with Crippen molar-refractivity contribution in [2.45, 2.75) is 62.1 Å². The number of anilines is 2. The molecule has 1 atom stereocenters. The van der Waals surface area contributed by atoms with Crippen molar-refractivity contribution in [3.05, 3.63) is 83.8 Å². The van der Waals surface area contributed by atoms with Crippen molar-refractivity contribution in [1.29, 1.82) is 5.26 Å². The Bertz CT molecular complexity index is 2370. The van der Waals surface area contributed by atoms with E-state index in [1.165, 1.54) is 22.9 Å². The molecule has 300 valence electrons. The van der Waals surface area contributed by atoms with Crippen molar-refractivity contribution in [1.82, 2.24) is 39.3 Å². The maximum atomic E-state index is 13.7. The third kappa shape index (κ3) is 8.51. The minimum absolute atomic E-state index is 0.0189. The molecule has 3 amide bonds. The van der Waals surface area contributed by atoms with Crippen LogP contribution in [0.1, 0.15) is 54.7 Å². The van der Waals surface area contributed by atoms with Gasteiger partial charge < -0.3 is 10.1 Å². The molecule has 3 aliphatic rings. The molecule has 5 aromatic rings. The van der Waals surface area contributed by atoms with E-state index in [0.29, 0.717) is 71.9 Å². The number of carbonyl (C=O) groups is 2. The Kier molecular flexibility index (Phi) is 11.4. The molecule has 3 fully saturated rings. The molecule has 3 aromatic heterocycles. The molecule has 6 heterocycles. The van der Waals surface area contributed by atoms with Gasteiger partial charge in [-0.2, -0.15) is 19.1 Å². The summed E-state index contributed by atoms with van der Waals surface area (Å²) in [5.74, 6) is 0.859. The number of nitrogens with one attached hydrogen (secondary N) is 2. The number of aromatic nitrogens is 5. The summed E-state index contributed by atoms with van der Waals surface area (Å²) >= 11 is 0. The lowest BCUT2D eigenvalue weighted by Crippen LogP contribution is -2.49. The average Bonchev–Trinajstić information content (AvgIpc) is 3.56. The monoisotopic (exact) mass is 809 g/mol. The van der Waals surface area contributed by atoms with Crippen molar-refractivity contribution in [2.75, 3.05) is 42.9 Å². The van der Waals surface area contributed by atoms with Gasteiger partial charge in [-0.25, -0.2) is 23.3 Å². The van der Waals surface area contributed by atoms with E-state index in [-0.39, 0.29) is 24.1 Å². The highest BCUT2D eigenvalue weighted by Gasteiger charge is 2.29. The minimum Gasteiger partial charge on any atom is -0.432 e. The third-order valence-electron chi connectivity index (χ3n) is 10.9. The van der Waals surface area contributed by atoms with Crippen LogP contribution in [0.25, 0.3) is 22.2 Å². The summed E-state index contributed by atoms with van der Waals surface area (Å²) in [5, 5.41) is 21.0. The Hall–Kier alpha value is -5.90. The summed E-state index contributed by atoms with van der Waals surface area (Å²) in [5.41, 5.74) is 4.96. The quantitative estimate of drug-likeness (QED) is 0.177. The van der Waals surface area contributed by atoms with E-state index in [2.05, 4.69) is 53.5 Å². The molecule has 2 N–H and O–H groups in total. The Morgan fingerprint density at radius 3 is 2.43 bits per heavy atom. The molecule has 0 bridgehead atoms. The van der Waals surface area contributed by atoms with Gasteiger partial charge in [0.2, 0.25) is 11.9 Å². The number of imide groups is 1. The molecule has 3 saturated heterocycles. The van der Waals surface area contributed by atoms with Gasteiger partial charge in [-0.1, -0.05) is 12.1 Å². The van der Waals surface area contributed by atoms with Gasteiger partial charge in [0.05, 0.1) is 40.1 Å². The predicted molar refractivity (Wildman–Crippen MR) is 211 cm³/mol. The SMILES string of the molecule is Cn1nc(N2CCC(=O)NC2=O)c2ccc(C3CCN(Cc4ccc(-c5cc(S(=O)N6CCC(Nc7ncc(OC(F)F)cn7)CC6)ccc5C#N)nc4)CC3)cc21. The van der Waals surface area contributed by atoms with Crippen LogP contribution in [0.4, 0.5) is 25.3 Å². The van der Waals surface area contributed by atoms with Crippen LogP contribution in [-0.2, 0) is 29.4 Å². The standard InChI is InChI=1S/C40H41F2N11O4S/c1-50-35-18-27(4-6-32(35)37(49-50)53-17-12-36(54)48-40(53)55)26-8-13-51(14-9-26)24-25-2-7-34(44-21-25)33-19-31(5-3-28(33)20-43)58(56)52-15-10-29(11-16-52)47-39-45-22-30(23-46-39)57-38(41)42/h2-7,18-19,21-23,26,29,38H,8-17,24H2,1H3,(H,45,46,47)(H,48,54,55). The normalized spacial score (nSPS) is 18.0. The van der Waals surface area contributed by atoms with E-state index in [1.54, 1.807) is 22.9 Å². The number of halogens is 2. The molecule has 8 rings (SSSR count). The van der Waals surface area contributed by atoms with Gasteiger partial charge in [-0.05, 0) is 92.2 Å². The van der Waals surface area contributed by atoms with Gasteiger partial charge in [0.1, 0.15) is 11.0 Å². The van der Waals surface area contributed by atoms with E-state index in [0.717, 1.165) is 48.9 Å². The fourth-order valence-electron chi connectivity index (χ4n) is 7.83. The maximum absolute atomic E-state index is 13.7. The van der Waals surface area contributed by atoms with Crippen LogP contribution in [-0.4, -0.2) is 95.5 Å². The molecular formula is C40H41F2N11O4S. The van der Waals surface area contributed by atoms with Crippen molar-refractivity contribution in [3.8, 4) is 23.1 Å². The molecular weight excluding hydrogens is 769 g/mol. The molecule has 18 heteroatoms. The fraction of sp³-hybridized carbons (Fsp3) is 0.375. The number of nitriles is 1. The number of benzene rings is 2. The zero-order valence-corrected chi connectivity index (χ0v) is 32.5. The number of ether oxygens (including phenoxy) is 1. The Labute approximate surface area is 335 Å². The van der Waals surface area contributed by atoms with Crippen molar-refractivity contribution >= 4 is 45.6 Å². The first-order chi connectivity index (χ1) is 28.1. The van der Waals surface area contributed by atoms with Gasteiger partial charge >= 0.3 is 12.6 Å². The van der Waals surface area contributed by atoms with Gasteiger partial charge in [0.25, 0.3) is 0 Å². The van der Waals surface area contributed by atoms with E-state index < -0.39 is 23.6 Å². The van der Waals surface area contributed by atoms with E-state index >= 15 is 0 Å². The smallest absolute Gasteiger partial charge is 0.387 e. The summed E-state index contributed by atoms with van der Waals surface area (Å²) in [4.78, 5) is 41.5. The fourth-order valence-corrected chi connectivity index (χ4v) is 9.07. The number of likely N-dealkylation sites (tertiary alicyclic amines) is 1. The number of piperidine rings is 2. The number of nitrogens with zero attached hydrogens (tertiary/aromatic N) is 9. The lowest BCUT2D eigenvalue weighted by atomic mass is 9.89. The van der Waals surface area contributed by atoms with E-state index in [4.69, 9.17) is 4.98 Å². The predicted octanol–water partition coefficient (Wildman–Crippen LogP) is 5.32. The van der Waals surface area contributed by atoms with Gasteiger partial charge in [-0.15, -0.1) is 0 Å². The van der Waals surface area contributed by atoms with Crippen LogP contribution < -0.4 is 20.3 Å².